The highest BCUT2D eigenvalue weighted by molar-refractivity contribution is 5.27. The maximum Gasteiger partial charge on any atom is 0.191 e. The second-order valence-corrected chi connectivity index (χ2v) is 5.06. The number of hydrogen-bond acceptors (Lipinski definition) is 2. The summed E-state index contributed by atoms with van der Waals surface area (Å²) in [6.07, 6.45) is 0.600. The van der Waals surface area contributed by atoms with E-state index < -0.39 is 11.6 Å². The van der Waals surface area contributed by atoms with Crippen molar-refractivity contribution in [3.8, 4) is 5.75 Å². The molecule has 0 aromatic heterocycles. The molecule has 1 aliphatic rings. The lowest BCUT2D eigenvalue weighted by atomic mass is 9.64. The Hall–Kier alpha value is -1.16. The van der Waals surface area contributed by atoms with Gasteiger partial charge < -0.3 is 10.1 Å². The van der Waals surface area contributed by atoms with Crippen LogP contribution in [0.25, 0.3) is 0 Å². The molecule has 94 valence electrons. The zero-order valence-corrected chi connectivity index (χ0v) is 10.3. The van der Waals surface area contributed by atoms with Crippen molar-refractivity contribution < 1.29 is 13.5 Å². The molecule has 0 heterocycles. The molecule has 0 aliphatic heterocycles. The predicted octanol–water partition coefficient (Wildman–Crippen LogP) is 2.73. The topological polar surface area (TPSA) is 21.3 Å². The van der Waals surface area contributed by atoms with Crippen molar-refractivity contribution >= 4 is 0 Å². The van der Waals surface area contributed by atoms with Gasteiger partial charge in [-0.2, -0.15) is 0 Å². The normalized spacial score (nSPS) is 26.4. The minimum atomic E-state index is -0.645. The molecule has 0 saturated heterocycles. The highest BCUT2D eigenvalue weighted by Crippen LogP contribution is 2.43. The van der Waals surface area contributed by atoms with Crippen LogP contribution in [-0.4, -0.2) is 19.2 Å². The number of rotatable bonds is 3. The van der Waals surface area contributed by atoms with E-state index in [9.17, 15) is 8.78 Å². The Kier molecular flexibility index (Phi) is 3.08. The van der Waals surface area contributed by atoms with Crippen molar-refractivity contribution in [3.05, 3.63) is 29.8 Å². The zero-order chi connectivity index (χ0) is 12.6. The fraction of sp³-hybridized carbons (Fsp3) is 0.538. The van der Waals surface area contributed by atoms with Crippen LogP contribution in [0.15, 0.2) is 18.2 Å². The largest absolute Gasteiger partial charge is 0.484 e. The average molecular weight is 241 g/mol. The molecule has 17 heavy (non-hydrogen) atoms. The molecule has 0 spiro atoms. The first-order valence-corrected chi connectivity index (χ1v) is 5.74. The maximum atomic E-state index is 13.4. The van der Waals surface area contributed by atoms with Crippen molar-refractivity contribution in [2.45, 2.75) is 32.4 Å². The second-order valence-electron chi connectivity index (χ2n) is 5.06. The summed E-state index contributed by atoms with van der Waals surface area (Å²) in [5.41, 5.74) is -0.122. The molecule has 1 saturated carbocycles. The van der Waals surface area contributed by atoms with Crippen LogP contribution in [0.5, 0.6) is 5.75 Å². The third-order valence-corrected chi connectivity index (χ3v) is 3.71. The van der Waals surface area contributed by atoms with Crippen LogP contribution < -0.4 is 10.1 Å². The van der Waals surface area contributed by atoms with Crippen molar-refractivity contribution in [2.24, 2.45) is 5.41 Å². The lowest BCUT2D eigenvalue weighted by molar-refractivity contribution is -0.0556. The van der Waals surface area contributed by atoms with Crippen LogP contribution >= 0.6 is 0 Å². The molecule has 2 unspecified atom stereocenters. The van der Waals surface area contributed by atoms with Gasteiger partial charge in [-0.25, -0.2) is 8.78 Å². The molecule has 1 fully saturated rings. The summed E-state index contributed by atoms with van der Waals surface area (Å²) in [5.74, 6) is -1.55. The van der Waals surface area contributed by atoms with E-state index in [1.54, 1.807) is 0 Å². The van der Waals surface area contributed by atoms with Gasteiger partial charge in [0, 0.05) is 17.9 Å². The lowest BCUT2D eigenvalue weighted by Crippen LogP contribution is -2.61. The number of halogens is 2. The van der Waals surface area contributed by atoms with Gasteiger partial charge in [0.25, 0.3) is 0 Å². The Balaban J connectivity index is 2.13. The highest BCUT2D eigenvalue weighted by Gasteiger charge is 2.49. The summed E-state index contributed by atoms with van der Waals surface area (Å²) in [4.78, 5) is 0. The molecule has 0 bridgehead atoms. The molecule has 2 atom stereocenters. The number of hydrogen-bond donors (Lipinski definition) is 1. The maximum absolute atomic E-state index is 13.4. The monoisotopic (exact) mass is 241 g/mol. The quantitative estimate of drug-likeness (QED) is 0.878. The van der Waals surface area contributed by atoms with Crippen LogP contribution in [-0.2, 0) is 0 Å². The average Bonchev–Trinajstić information content (AvgIpc) is 2.26. The lowest BCUT2D eigenvalue weighted by Gasteiger charge is -2.51. The Morgan fingerprint density at radius 1 is 1.29 bits per heavy atom. The van der Waals surface area contributed by atoms with Crippen molar-refractivity contribution in [1.29, 1.82) is 0 Å². The third kappa shape index (κ3) is 2.02. The summed E-state index contributed by atoms with van der Waals surface area (Å²) in [7, 11) is 1.88. The standard InChI is InChI=1S/C13H17F2NO/c1-13(2)10(16-3)7-11(13)17-12-8(14)5-4-6-9(12)15/h4-6,10-11,16H,7H2,1-3H3. The SMILES string of the molecule is CNC1CC(Oc2c(F)cccc2F)C1(C)C. The zero-order valence-electron chi connectivity index (χ0n) is 10.3. The summed E-state index contributed by atoms with van der Waals surface area (Å²) in [6, 6.07) is 4.07. The van der Waals surface area contributed by atoms with E-state index in [0.29, 0.717) is 6.04 Å². The number of ether oxygens (including phenoxy) is 1. The van der Waals surface area contributed by atoms with Gasteiger partial charge in [-0.15, -0.1) is 0 Å². The summed E-state index contributed by atoms with van der Waals surface area (Å²) in [5, 5.41) is 3.17. The molecule has 1 N–H and O–H groups in total. The second kappa shape index (κ2) is 4.26. The first-order valence-electron chi connectivity index (χ1n) is 5.74. The first-order chi connectivity index (χ1) is 7.96. The van der Waals surface area contributed by atoms with Gasteiger partial charge in [0.2, 0.25) is 0 Å². The van der Waals surface area contributed by atoms with E-state index in [2.05, 4.69) is 5.32 Å². The Labute approximate surface area is 100.0 Å². The minimum absolute atomic E-state index is 0.122. The number of nitrogens with one attached hydrogen (secondary N) is 1. The van der Waals surface area contributed by atoms with Gasteiger partial charge in [0.05, 0.1) is 0 Å². The van der Waals surface area contributed by atoms with Crippen molar-refractivity contribution in [2.75, 3.05) is 7.05 Å². The van der Waals surface area contributed by atoms with Gasteiger partial charge in [0.1, 0.15) is 6.10 Å². The number of para-hydroxylation sites is 1. The fourth-order valence-corrected chi connectivity index (χ4v) is 2.31. The molecular formula is C13H17F2NO. The summed E-state index contributed by atoms with van der Waals surface area (Å²) >= 11 is 0. The van der Waals surface area contributed by atoms with Crippen LogP contribution in [0.2, 0.25) is 0 Å². The van der Waals surface area contributed by atoms with Crippen LogP contribution in [0.4, 0.5) is 8.78 Å². The minimum Gasteiger partial charge on any atom is -0.484 e. The summed E-state index contributed by atoms with van der Waals surface area (Å²) in [6.45, 7) is 4.06. The molecule has 0 amide bonds. The molecule has 0 radical (unpaired) electrons. The van der Waals surface area contributed by atoms with Crippen LogP contribution in [0, 0.1) is 17.0 Å². The van der Waals surface area contributed by atoms with E-state index in [1.165, 1.54) is 18.2 Å². The Bertz CT molecular complexity index is 400. The highest BCUT2D eigenvalue weighted by atomic mass is 19.1. The van der Waals surface area contributed by atoms with Gasteiger partial charge in [-0.1, -0.05) is 19.9 Å². The van der Waals surface area contributed by atoms with Crippen molar-refractivity contribution in [3.63, 3.8) is 0 Å². The van der Waals surface area contributed by atoms with Crippen LogP contribution in [0.1, 0.15) is 20.3 Å². The smallest absolute Gasteiger partial charge is 0.191 e. The summed E-state index contributed by atoms with van der Waals surface area (Å²) < 4.78 is 32.3. The molecular weight excluding hydrogens is 224 g/mol. The third-order valence-electron chi connectivity index (χ3n) is 3.71. The van der Waals surface area contributed by atoms with Gasteiger partial charge in [-0.3, -0.25) is 0 Å². The van der Waals surface area contributed by atoms with E-state index in [0.717, 1.165) is 6.42 Å². The Morgan fingerprint density at radius 3 is 2.35 bits per heavy atom. The molecule has 1 aromatic rings. The Morgan fingerprint density at radius 2 is 1.88 bits per heavy atom. The van der Waals surface area contributed by atoms with Gasteiger partial charge in [0.15, 0.2) is 17.4 Å². The first kappa shape index (κ1) is 12.3. The van der Waals surface area contributed by atoms with Gasteiger partial charge >= 0.3 is 0 Å². The molecule has 1 aromatic carbocycles. The van der Waals surface area contributed by atoms with Crippen LogP contribution in [0.3, 0.4) is 0 Å². The molecule has 1 aliphatic carbocycles. The predicted molar refractivity (Wildman–Crippen MR) is 62.0 cm³/mol. The molecule has 2 nitrogen and oxygen atoms in total. The number of benzene rings is 1. The van der Waals surface area contributed by atoms with Gasteiger partial charge in [-0.05, 0) is 19.2 Å². The van der Waals surface area contributed by atoms with Crippen molar-refractivity contribution in [1.82, 2.24) is 5.32 Å². The van der Waals surface area contributed by atoms with E-state index in [4.69, 9.17) is 4.74 Å². The van der Waals surface area contributed by atoms with E-state index in [1.807, 2.05) is 20.9 Å². The fourth-order valence-electron chi connectivity index (χ4n) is 2.31. The molecule has 4 heteroatoms. The molecule has 2 rings (SSSR count). The van der Waals surface area contributed by atoms with E-state index >= 15 is 0 Å². The van der Waals surface area contributed by atoms with E-state index in [-0.39, 0.29) is 17.3 Å².